The topological polar surface area (TPSA) is 77.6 Å². The van der Waals surface area contributed by atoms with Gasteiger partial charge in [0.1, 0.15) is 23.7 Å². The predicted molar refractivity (Wildman–Crippen MR) is 115 cm³/mol. The number of aryl methyl sites for hydroxylation is 1. The van der Waals surface area contributed by atoms with Gasteiger partial charge in [0.05, 0.1) is 11.2 Å². The number of amides is 1. The number of anilines is 1. The fourth-order valence-electron chi connectivity index (χ4n) is 3.44. The molecular weight excluding hydrogens is 376 g/mol. The largest absolute Gasteiger partial charge is 0.305 e. The summed E-state index contributed by atoms with van der Waals surface area (Å²) in [6.45, 7) is 0. The van der Waals surface area contributed by atoms with Crippen LogP contribution in [-0.2, 0) is 7.05 Å². The maximum absolute atomic E-state index is 12.9. The first kappa shape index (κ1) is 17.8. The SMILES string of the molecule is Cn1nc(-c2ccccc2)cc1C(=O)Nc1cc(-n2ccc3ccccc32)ncn1. The summed E-state index contributed by atoms with van der Waals surface area (Å²) >= 11 is 0. The van der Waals surface area contributed by atoms with Gasteiger partial charge in [0.25, 0.3) is 5.91 Å². The number of carbonyl (C=O) groups excluding carboxylic acids is 1. The van der Waals surface area contributed by atoms with Crippen LogP contribution in [0.1, 0.15) is 10.5 Å². The molecule has 3 aromatic heterocycles. The van der Waals surface area contributed by atoms with Crippen molar-refractivity contribution >= 4 is 22.6 Å². The Kier molecular flexibility index (Phi) is 4.33. The predicted octanol–water partition coefficient (Wildman–Crippen LogP) is 4.07. The summed E-state index contributed by atoms with van der Waals surface area (Å²) in [7, 11) is 1.75. The Morgan fingerprint density at radius 1 is 0.933 bits per heavy atom. The Bertz CT molecular complexity index is 1350. The molecule has 0 aliphatic heterocycles. The number of benzene rings is 2. The Morgan fingerprint density at radius 2 is 1.73 bits per heavy atom. The molecule has 7 nitrogen and oxygen atoms in total. The summed E-state index contributed by atoms with van der Waals surface area (Å²) in [5.41, 5.74) is 3.18. The van der Waals surface area contributed by atoms with Crippen LogP contribution in [0.25, 0.3) is 28.0 Å². The molecule has 2 aromatic carbocycles. The number of hydrogen-bond donors (Lipinski definition) is 1. The van der Waals surface area contributed by atoms with Crippen LogP contribution in [0.15, 0.2) is 85.3 Å². The minimum atomic E-state index is -0.283. The summed E-state index contributed by atoms with van der Waals surface area (Å²) in [5.74, 6) is 0.816. The monoisotopic (exact) mass is 394 g/mol. The highest BCUT2D eigenvalue weighted by Gasteiger charge is 2.15. The Labute approximate surface area is 172 Å². The average Bonchev–Trinajstić information content (AvgIpc) is 3.38. The second-order valence-corrected chi connectivity index (χ2v) is 6.86. The van der Waals surface area contributed by atoms with Gasteiger partial charge in [-0.3, -0.25) is 9.48 Å². The van der Waals surface area contributed by atoms with Crippen LogP contribution in [0.2, 0.25) is 0 Å². The zero-order valence-corrected chi connectivity index (χ0v) is 16.2. The highest BCUT2D eigenvalue weighted by atomic mass is 16.2. The molecule has 0 aliphatic carbocycles. The third kappa shape index (κ3) is 3.22. The molecule has 30 heavy (non-hydrogen) atoms. The van der Waals surface area contributed by atoms with Crippen molar-refractivity contribution in [1.82, 2.24) is 24.3 Å². The number of fused-ring (bicyclic) bond motifs is 1. The van der Waals surface area contributed by atoms with Crippen LogP contribution in [0.3, 0.4) is 0 Å². The molecule has 0 radical (unpaired) electrons. The van der Waals surface area contributed by atoms with Crippen LogP contribution in [-0.4, -0.2) is 30.2 Å². The van der Waals surface area contributed by atoms with E-state index in [9.17, 15) is 4.79 Å². The van der Waals surface area contributed by atoms with Crippen LogP contribution in [0.5, 0.6) is 0 Å². The molecule has 5 aromatic rings. The number of nitrogens with one attached hydrogen (secondary N) is 1. The van der Waals surface area contributed by atoms with Gasteiger partial charge in [-0.15, -0.1) is 0 Å². The highest BCUT2D eigenvalue weighted by Crippen LogP contribution is 2.21. The smallest absolute Gasteiger partial charge is 0.275 e. The number of nitrogens with zero attached hydrogens (tertiary/aromatic N) is 5. The van der Waals surface area contributed by atoms with Gasteiger partial charge in [-0.1, -0.05) is 48.5 Å². The van der Waals surface area contributed by atoms with Crippen molar-refractivity contribution in [3.8, 4) is 17.1 Å². The third-order valence-corrected chi connectivity index (χ3v) is 4.92. The Hall–Kier alpha value is -4.26. The van der Waals surface area contributed by atoms with Gasteiger partial charge in [-0.25, -0.2) is 9.97 Å². The summed E-state index contributed by atoms with van der Waals surface area (Å²) in [6, 6.07) is 23.3. The van der Waals surface area contributed by atoms with Crippen LogP contribution < -0.4 is 5.32 Å². The van der Waals surface area contributed by atoms with Gasteiger partial charge in [0, 0.05) is 24.9 Å². The molecule has 0 fully saturated rings. The van der Waals surface area contributed by atoms with Crippen molar-refractivity contribution in [2.75, 3.05) is 5.32 Å². The number of para-hydroxylation sites is 1. The van der Waals surface area contributed by atoms with Crippen molar-refractivity contribution in [1.29, 1.82) is 0 Å². The second-order valence-electron chi connectivity index (χ2n) is 6.86. The van der Waals surface area contributed by atoms with Crippen molar-refractivity contribution in [2.24, 2.45) is 7.05 Å². The zero-order valence-electron chi connectivity index (χ0n) is 16.2. The Balaban J connectivity index is 1.42. The molecule has 0 atom stereocenters. The lowest BCUT2D eigenvalue weighted by molar-refractivity contribution is 0.101. The van der Waals surface area contributed by atoms with E-state index in [0.717, 1.165) is 22.2 Å². The fourth-order valence-corrected chi connectivity index (χ4v) is 3.44. The van der Waals surface area contributed by atoms with Crippen molar-refractivity contribution in [3.63, 3.8) is 0 Å². The van der Waals surface area contributed by atoms with E-state index in [1.54, 1.807) is 23.9 Å². The zero-order chi connectivity index (χ0) is 20.5. The fraction of sp³-hybridized carbons (Fsp3) is 0.0435. The maximum atomic E-state index is 12.9. The molecular formula is C23H18N6O. The number of aromatic nitrogens is 5. The minimum Gasteiger partial charge on any atom is -0.305 e. The molecule has 0 unspecified atom stereocenters. The van der Waals surface area contributed by atoms with Gasteiger partial charge < -0.3 is 9.88 Å². The summed E-state index contributed by atoms with van der Waals surface area (Å²) < 4.78 is 3.53. The molecule has 5 rings (SSSR count). The number of hydrogen-bond acceptors (Lipinski definition) is 4. The lowest BCUT2D eigenvalue weighted by Crippen LogP contribution is -2.17. The van der Waals surface area contributed by atoms with E-state index in [-0.39, 0.29) is 5.91 Å². The maximum Gasteiger partial charge on any atom is 0.275 e. The molecule has 3 heterocycles. The van der Waals surface area contributed by atoms with E-state index in [1.165, 1.54) is 6.33 Å². The average molecular weight is 394 g/mol. The van der Waals surface area contributed by atoms with Gasteiger partial charge in [0.15, 0.2) is 0 Å². The van der Waals surface area contributed by atoms with Crippen LogP contribution in [0.4, 0.5) is 5.82 Å². The van der Waals surface area contributed by atoms with E-state index in [4.69, 9.17) is 0 Å². The first-order chi connectivity index (χ1) is 14.7. The molecule has 7 heteroatoms. The van der Waals surface area contributed by atoms with Gasteiger partial charge in [0.2, 0.25) is 0 Å². The van der Waals surface area contributed by atoms with Gasteiger partial charge >= 0.3 is 0 Å². The normalized spacial score (nSPS) is 11.0. The van der Waals surface area contributed by atoms with E-state index in [0.29, 0.717) is 17.3 Å². The molecule has 0 aliphatic rings. The van der Waals surface area contributed by atoms with Crippen molar-refractivity contribution in [2.45, 2.75) is 0 Å². The van der Waals surface area contributed by atoms with E-state index < -0.39 is 0 Å². The van der Waals surface area contributed by atoms with Crippen molar-refractivity contribution < 1.29 is 4.79 Å². The molecule has 0 saturated heterocycles. The summed E-state index contributed by atoms with van der Waals surface area (Å²) in [6.07, 6.45) is 3.39. The standard InChI is InChI=1S/C23H18N6O/c1-28-20(13-18(27-28)16-7-3-2-4-8-16)23(30)26-21-14-22(25-15-24-21)29-12-11-17-9-5-6-10-19(17)29/h2-15H,1H3,(H,24,25,26,30). The molecule has 0 saturated carbocycles. The highest BCUT2D eigenvalue weighted by molar-refractivity contribution is 6.03. The molecule has 0 bridgehead atoms. The summed E-state index contributed by atoms with van der Waals surface area (Å²) in [5, 5.41) is 8.42. The second kappa shape index (κ2) is 7.29. The quantitative estimate of drug-likeness (QED) is 0.498. The third-order valence-electron chi connectivity index (χ3n) is 4.92. The lowest BCUT2D eigenvalue weighted by atomic mass is 10.1. The lowest BCUT2D eigenvalue weighted by Gasteiger charge is -2.08. The van der Waals surface area contributed by atoms with Crippen molar-refractivity contribution in [3.05, 3.63) is 91.0 Å². The van der Waals surface area contributed by atoms with Crippen LogP contribution in [0, 0.1) is 0 Å². The molecule has 1 N–H and O–H groups in total. The first-order valence-electron chi connectivity index (χ1n) is 9.48. The molecule has 1 amide bonds. The number of carbonyl (C=O) groups is 1. The van der Waals surface area contributed by atoms with E-state index in [2.05, 4.69) is 20.4 Å². The summed E-state index contributed by atoms with van der Waals surface area (Å²) in [4.78, 5) is 21.4. The Morgan fingerprint density at radius 3 is 2.60 bits per heavy atom. The molecule has 146 valence electrons. The van der Waals surface area contributed by atoms with Gasteiger partial charge in [-0.05, 0) is 23.6 Å². The van der Waals surface area contributed by atoms with Crippen LogP contribution >= 0.6 is 0 Å². The number of rotatable bonds is 4. The van der Waals surface area contributed by atoms with Gasteiger partial charge in [-0.2, -0.15) is 5.10 Å². The minimum absolute atomic E-state index is 0.283. The first-order valence-corrected chi connectivity index (χ1v) is 9.48. The van der Waals surface area contributed by atoms with E-state index in [1.807, 2.05) is 71.4 Å². The van der Waals surface area contributed by atoms with E-state index >= 15 is 0 Å². The molecule has 0 spiro atoms.